The van der Waals surface area contributed by atoms with E-state index in [0.717, 1.165) is 10.8 Å². The molecule has 0 amide bonds. The second kappa shape index (κ2) is 9.50. The van der Waals surface area contributed by atoms with Crippen molar-refractivity contribution in [3.8, 4) is 5.75 Å². The lowest BCUT2D eigenvalue weighted by atomic mass is 10.2. The van der Waals surface area contributed by atoms with Crippen molar-refractivity contribution >= 4 is 43.6 Å². The van der Waals surface area contributed by atoms with Crippen LogP contribution >= 0.6 is 0 Å². The summed E-state index contributed by atoms with van der Waals surface area (Å²) in [6, 6.07) is 21.3. The maximum Gasteiger partial charge on any atom is 0.255 e. The number of rotatable bonds is 8. The van der Waals surface area contributed by atoms with E-state index in [1.807, 2.05) is 12.1 Å². The Morgan fingerprint density at radius 1 is 0.613 bits per heavy atom. The molecule has 0 spiro atoms. The molecule has 3 N–H and O–H groups in total. The maximum atomic E-state index is 12.3. The van der Waals surface area contributed by atoms with E-state index in [1.165, 1.54) is 30.4 Å². The number of nitrogens with one attached hydrogen (secondary N) is 2. The molecule has 7 nitrogen and oxygen atoms in total. The predicted octanol–water partition coefficient (Wildman–Crippen LogP) is 4.22. The van der Waals surface area contributed by atoms with Crippen molar-refractivity contribution in [3.05, 3.63) is 101 Å². The smallest absolute Gasteiger partial charge is 0.255 e. The largest absolute Gasteiger partial charge is 0.508 e. The predicted molar refractivity (Wildman–Crippen MR) is 124 cm³/mol. The Morgan fingerprint density at radius 3 is 1.39 bits per heavy atom. The van der Waals surface area contributed by atoms with Gasteiger partial charge in [-0.2, -0.15) is 0 Å². The molecule has 3 aromatic carbocycles. The van der Waals surface area contributed by atoms with E-state index in [1.54, 1.807) is 48.5 Å². The molecule has 9 heteroatoms. The van der Waals surface area contributed by atoms with Crippen LogP contribution in [0.5, 0.6) is 5.75 Å². The summed E-state index contributed by atoms with van der Waals surface area (Å²) in [6.07, 6.45) is 2.84. The van der Waals surface area contributed by atoms with Crippen LogP contribution in [0.2, 0.25) is 0 Å². The van der Waals surface area contributed by atoms with Crippen LogP contribution in [-0.4, -0.2) is 21.9 Å². The molecule has 0 saturated heterocycles. The summed E-state index contributed by atoms with van der Waals surface area (Å²) in [5.41, 5.74) is 1.40. The van der Waals surface area contributed by atoms with E-state index in [2.05, 4.69) is 9.44 Å². The average molecular weight is 457 g/mol. The normalized spacial score (nSPS) is 12.3. The third-order valence-electron chi connectivity index (χ3n) is 3.92. The lowest BCUT2D eigenvalue weighted by molar-refractivity contribution is 0.476. The van der Waals surface area contributed by atoms with E-state index in [0.29, 0.717) is 11.1 Å². The summed E-state index contributed by atoms with van der Waals surface area (Å²) in [4.78, 5) is 0. The molecule has 0 aliphatic heterocycles. The number of aromatic hydroxyl groups is 1. The first kappa shape index (κ1) is 22.1. The van der Waals surface area contributed by atoms with Crippen molar-refractivity contribution in [2.24, 2.45) is 0 Å². The van der Waals surface area contributed by atoms with Crippen LogP contribution in [0.25, 0.3) is 12.2 Å². The SMILES string of the molecule is O=S(=O)(C=Cc1ccccc1)Nc1cc(O)cc(NS(=O)(=O)C=Cc2ccccc2)c1. The standard InChI is InChI=1S/C22H20N2O5S2/c25-22-16-20(23-30(26,27)13-11-18-7-3-1-4-8-18)15-21(17-22)24-31(28,29)14-12-19-9-5-2-6-10-19/h1-17,23-25H. The zero-order valence-electron chi connectivity index (χ0n) is 16.2. The lowest BCUT2D eigenvalue weighted by Crippen LogP contribution is -2.11. The number of sulfonamides is 2. The molecular weight excluding hydrogens is 436 g/mol. The highest BCUT2D eigenvalue weighted by Crippen LogP contribution is 2.25. The van der Waals surface area contributed by atoms with E-state index in [9.17, 15) is 21.9 Å². The minimum absolute atomic E-state index is 0.00227. The molecule has 0 unspecified atom stereocenters. The number of benzene rings is 3. The minimum atomic E-state index is -3.89. The molecule has 0 saturated carbocycles. The summed E-state index contributed by atoms with van der Waals surface area (Å²) >= 11 is 0. The summed E-state index contributed by atoms with van der Waals surface area (Å²) < 4.78 is 53.8. The molecule has 0 fully saturated rings. The molecule has 160 valence electrons. The highest BCUT2D eigenvalue weighted by molar-refractivity contribution is 7.96. The quantitative estimate of drug-likeness (QED) is 0.470. The van der Waals surface area contributed by atoms with Crippen molar-refractivity contribution in [2.75, 3.05) is 9.44 Å². The molecule has 0 heterocycles. The lowest BCUT2D eigenvalue weighted by Gasteiger charge is -2.10. The molecule has 0 aromatic heterocycles. The minimum Gasteiger partial charge on any atom is -0.508 e. The topological polar surface area (TPSA) is 113 Å². The van der Waals surface area contributed by atoms with Gasteiger partial charge in [0, 0.05) is 12.1 Å². The monoisotopic (exact) mass is 456 g/mol. The first-order valence-electron chi connectivity index (χ1n) is 9.07. The number of hydrogen-bond donors (Lipinski definition) is 3. The first-order chi connectivity index (χ1) is 14.7. The Labute approximate surface area is 181 Å². The Bertz CT molecular complexity index is 1200. The molecule has 0 radical (unpaired) electrons. The van der Waals surface area contributed by atoms with E-state index in [-0.39, 0.29) is 17.1 Å². The number of phenols is 1. The van der Waals surface area contributed by atoms with E-state index < -0.39 is 20.0 Å². The van der Waals surface area contributed by atoms with Crippen LogP contribution < -0.4 is 9.44 Å². The number of hydrogen-bond acceptors (Lipinski definition) is 5. The summed E-state index contributed by atoms with van der Waals surface area (Å²) in [5.74, 6) is -0.308. The molecule has 0 aliphatic rings. The Morgan fingerprint density at radius 2 is 1.00 bits per heavy atom. The van der Waals surface area contributed by atoms with Crippen LogP contribution in [0.4, 0.5) is 11.4 Å². The molecule has 0 bridgehead atoms. The molecule has 3 aromatic rings. The van der Waals surface area contributed by atoms with Crippen molar-refractivity contribution in [1.82, 2.24) is 0 Å². The fourth-order valence-corrected chi connectivity index (χ4v) is 4.29. The third-order valence-corrected chi connectivity index (χ3v) is 5.95. The highest BCUT2D eigenvalue weighted by atomic mass is 32.2. The van der Waals surface area contributed by atoms with Gasteiger partial charge in [0.05, 0.1) is 22.2 Å². The van der Waals surface area contributed by atoms with Crippen LogP contribution in [0.1, 0.15) is 11.1 Å². The number of phenolic OH excluding ortho intramolecular Hbond substituents is 1. The van der Waals surface area contributed by atoms with Gasteiger partial charge in [0.2, 0.25) is 0 Å². The van der Waals surface area contributed by atoms with Crippen molar-refractivity contribution in [2.45, 2.75) is 0 Å². The van der Waals surface area contributed by atoms with Gasteiger partial charge < -0.3 is 5.11 Å². The average Bonchev–Trinajstić information content (AvgIpc) is 2.71. The molecule has 0 aliphatic carbocycles. The second-order valence-electron chi connectivity index (χ2n) is 6.49. The van der Waals surface area contributed by atoms with Gasteiger partial charge in [-0.15, -0.1) is 0 Å². The number of anilines is 2. The maximum absolute atomic E-state index is 12.3. The van der Waals surface area contributed by atoms with Gasteiger partial charge in [-0.1, -0.05) is 60.7 Å². The van der Waals surface area contributed by atoms with Crippen molar-refractivity contribution < 1.29 is 21.9 Å². The zero-order valence-corrected chi connectivity index (χ0v) is 17.8. The Kier molecular flexibility index (Phi) is 6.78. The Balaban J connectivity index is 1.75. The van der Waals surface area contributed by atoms with Gasteiger partial charge >= 0.3 is 0 Å². The molecule has 3 rings (SSSR count). The van der Waals surface area contributed by atoms with E-state index >= 15 is 0 Å². The third kappa shape index (κ3) is 7.32. The van der Waals surface area contributed by atoms with Crippen LogP contribution in [-0.2, 0) is 20.0 Å². The second-order valence-corrected chi connectivity index (χ2v) is 9.62. The Hall–Kier alpha value is -3.56. The van der Waals surface area contributed by atoms with Gasteiger partial charge in [-0.3, -0.25) is 9.44 Å². The van der Waals surface area contributed by atoms with Gasteiger partial charge in [-0.25, -0.2) is 16.8 Å². The van der Waals surface area contributed by atoms with Crippen molar-refractivity contribution in [1.29, 1.82) is 0 Å². The molecule has 0 atom stereocenters. The van der Waals surface area contributed by atoms with Crippen molar-refractivity contribution in [3.63, 3.8) is 0 Å². The summed E-state index contributed by atoms with van der Waals surface area (Å²) in [7, 11) is -7.78. The molecular formula is C22H20N2O5S2. The highest BCUT2D eigenvalue weighted by Gasteiger charge is 2.11. The summed E-state index contributed by atoms with van der Waals surface area (Å²) in [5, 5.41) is 11.9. The summed E-state index contributed by atoms with van der Waals surface area (Å²) in [6.45, 7) is 0. The van der Waals surface area contributed by atoms with Gasteiger partial charge in [-0.05, 0) is 29.3 Å². The fourth-order valence-electron chi connectivity index (χ4n) is 2.59. The fraction of sp³-hybridized carbons (Fsp3) is 0. The van der Waals surface area contributed by atoms with Crippen LogP contribution in [0.3, 0.4) is 0 Å². The van der Waals surface area contributed by atoms with E-state index in [4.69, 9.17) is 0 Å². The first-order valence-corrected chi connectivity index (χ1v) is 12.2. The van der Waals surface area contributed by atoms with Gasteiger partial charge in [0.1, 0.15) is 5.75 Å². The van der Waals surface area contributed by atoms with Crippen LogP contribution in [0, 0.1) is 0 Å². The van der Waals surface area contributed by atoms with Gasteiger partial charge in [0.25, 0.3) is 20.0 Å². The van der Waals surface area contributed by atoms with Crippen LogP contribution in [0.15, 0.2) is 89.7 Å². The zero-order chi connectivity index (χ0) is 22.3. The molecule has 31 heavy (non-hydrogen) atoms. The van der Waals surface area contributed by atoms with Gasteiger partial charge in [0.15, 0.2) is 0 Å².